The molecule has 2 N–H and O–H groups in total. The first kappa shape index (κ1) is 19.4. The van der Waals surface area contributed by atoms with Crippen LogP contribution in [0.3, 0.4) is 0 Å². The molecule has 3 aromatic heterocycles. The molecule has 0 aromatic carbocycles. The molecule has 0 bridgehead atoms. The van der Waals surface area contributed by atoms with Gasteiger partial charge in [0.05, 0.1) is 11.9 Å². The maximum Gasteiger partial charge on any atom is 0.163 e. The summed E-state index contributed by atoms with van der Waals surface area (Å²) < 4.78 is 0. The molecule has 0 aliphatic carbocycles. The number of rotatable bonds is 7. The van der Waals surface area contributed by atoms with Gasteiger partial charge in [-0.3, -0.25) is 15.0 Å². The molecule has 7 nitrogen and oxygen atoms in total. The molecular formula is C21H24N6O. The predicted molar refractivity (Wildman–Crippen MR) is 111 cm³/mol. The van der Waals surface area contributed by atoms with Crippen molar-refractivity contribution in [3.8, 4) is 17.1 Å². The van der Waals surface area contributed by atoms with E-state index in [1.165, 1.54) is 6.20 Å². The summed E-state index contributed by atoms with van der Waals surface area (Å²) in [6.07, 6.45) is 9.46. The van der Waals surface area contributed by atoms with Gasteiger partial charge in [0.25, 0.3) is 0 Å². The summed E-state index contributed by atoms with van der Waals surface area (Å²) in [5.41, 5.74) is 3.20. The zero-order valence-electron chi connectivity index (χ0n) is 16.3. The van der Waals surface area contributed by atoms with E-state index in [-0.39, 0.29) is 5.75 Å². The van der Waals surface area contributed by atoms with Crippen molar-refractivity contribution in [3.05, 3.63) is 54.2 Å². The van der Waals surface area contributed by atoms with Crippen LogP contribution in [0.15, 0.2) is 48.0 Å². The number of aryl methyl sites for hydroxylation is 1. The van der Waals surface area contributed by atoms with Gasteiger partial charge in [-0.25, -0.2) is 9.97 Å². The second-order valence-electron chi connectivity index (χ2n) is 6.63. The normalized spacial score (nSPS) is 12.2. The predicted octanol–water partition coefficient (Wildman–Crippen LogP) is 4.31. The Labute approximate surface area is 164 Å². The molecule has 3 rings (SSSR count). The molecule has 3 heterocycles. The SMILES string of the molecule is CCC(C)C=Nc1c(C)nc(-c2cncc(O)c2)nc1NCc1ccncc1. The number of anilines is 1. The Morgan fingerprint density at radius 3 is 2.68 bits per heavy atom. The fourth-order valence-electron chi connectivity index (χ4n) is 2.52. The van der Waals surface area contributed by atoms with Gasteiger partial charge >= 0.3 is 0 Å². The van der Waals surface area contributed by atoms with Gasteiger partial charge in [-0.05, 0) is 43.0 Å². The van der Waals surface area contributed by atoms with Crippen molar-refractivity contribution in [1.82, 2.24) is 19.9 Å². The zero-order valence-corrected chi connectivity index (χ0v) is 16.3. The van der Waals surface area contributed by atoms with Gasteiger partial charge in [0, 0.05) is 36.9 Å². The Hall–Kier alpha value is -3.35. The molecule has 1 unspecified atom stereocenters. The number of nitrogens with one attached hydrogen (secondary N) is 1. The molecule has 0 fully saturated rings. The van der Waals surface area contributed by atoms with Crippen LogP contribution in [-0.2, 0) is 6.54 Å². The summed E-state index contributed by atoms with van der Waals surface area (Å²) in [5.74, 6) is 1.56. The highest BCUT2D eigenvalue weighted by atomic mass is 16.3. The summed E-state index contributed by atoms with van der Waals surface area (Å²) in [7, 11) is 0. The first-order valence-electron chi connectivity index (χ1n) is 9.26. The monoisotopic (exact) mass is 376 g/mol. The van der Waals surface area contributed by atoms with E-state index in [1.807, 2.05) is 25.3 Å². The largest absolute Gasteiger partial charge is 0.506 e. The Kier molecular flexibility index (Phi) is 6.26. The lowest BCUT2D eigenvalue weighted by Gasteiger charge is -2.13. The molecule has 0 saturated heterocycles. The number of hydrogen-bond acceptors (Lipinski definition) is 7. The molecule has 3 aromatic rings. The van der Waals surface area contributed by atoms with E-state index in [1.54, 1.807) is 24.7 Å². The van der Waals surface area contributed by atoms with Crippen LogP contribution >= 0.6 is 0 Å². The zero-order chi connectivity index (χ0) is 19.9. The highest BCUT2D eigenvalue weighted by Gasteiger charge is 2.13. The van der Waals surface area contributed by atoms with Gasteiger partial charge in [-0.15, -0.1) is 0 Å². The summed E-state index contributed by atoms with van der Waals surface area (Å²) >= 11 is 0. The Morgan fingerprint density at radius 2 is 1.96 bits per heavy atom. The number of aliphatic imine (C=N–C) groups is 1. The van der Waals surface area contributed by atoms with E-state index in [4.69, 9.17) is 0 Å². The Morgan fingerprint density at radius 1 is 1.18 bits per heavy atom. The van der Waals surface area contributed by atoms with Gasteiger partial charge in [0.15, 0.2) is 11.6 Å². The van der Waals surface area contributed by atoms with Gasteiger partial charge in [-0.2, -0.15) is 0 Å². The van der Waals surface area contributed by atoms with Crippen molar-refractivity contribution in [2.24, 2.45) is 10.9 Å². The quantitative estimate of drug-likeness (QED) is 0.597. The number of nitrogens with zero attached hydrogens (tertiary/aromatic N) is 5. The number of hydrogen-bond donors (Lipinski definition) is 2. The maximum absolute atomic E-state index is 9.73. The molecule has 0 aliphatic rings. The van der Waals surface area contributed by atoms with Crippen LogP contribution in [-0.4, -0.2) is 31.3 Å². The molecule has 0 aliphatic heterocycles. The van der Waals surface area contributed by atoms with E-state index in [2.05, 4.69) is 44.1 Å². The van der Waals surface area contributed by atoms with E-state index in [0.717, 1.165) is 17.7 Å². The van der Waals surface area contributed by atoms with Crippen LogP contribution in [0, 0.1) is 12.8 Å². The third-order valence-electron chi connectivity index (χ3n) is 4.35. The van der Waals surface area contributed by atoms with Crippen LogP contribution in [0.25, 0.3) is 11.4 Å². The standard InChI is InChI=1S/C21H24N6O/c1-4-14(2)10-24-19-15(3)26-20(17-9-18(28)13-23-12-17)27-21(19)25-11-16-5-7-22-8-6-16/h5-10,12-14,28H,4,11H2,1-3H3,(H,25,26,27). The van der Waals surface area contributed by atoms with Crippen molar-refractivity contribution in [2.45, 2.75) is 33.7 Å². The lowest BCUT2D eigenvalue weighted by atomic mass is 10.1. The van der Waals surface area contributed by atoms with Gasteiger partial charge < -0.3 is 10.4 Å². The third-order valence-corrected chi connectivity index (χ3v) is 4.35. The second kappa shape index (κ2) is 9.03. The van der Waals surface area contributed by atoms with Crippen molar-refractivity contribution in [2.75, 3.05) is 5.32 Å². The van der Waals surface area contributed by atoms with Crippen molar-refractivity contribution in [1.29, 1.82) is 0 Å². The number of pyridine rings is 2. The molecule has 0 spiro atoms. The van der Waals surface area contributed by atoms with E-state index < -0.39 is 0 Å². The summed E-state index contributed by atoms with van der Waals surface area (Å²) in [6.45, 7) is 6.74. The van der Waals surface area contributed by atoms with Gasteiger partial charge in [0.2, 0.25) is 0 Å². The highest BCUT2D eigenvalue weighted by Crippen LogP contribution is 2.30. The van der Waals surface area contributed by atoms with Crippen molar-refractivity contribution < 1.29 is 5.11 Å². The number of aromatic nitrogens is 4. The van der Waals surface area contributed by atoms with Crippen LogP contribution in [0.5, 0.6) is 5.75 Å². The minimum Gasteiger partial charge on any atom is -0.506 e. The highest BCUT2D eigenvalue weighted by molar-refractivity contribution is 5.74. The molecule has 28 heavy (non-hydrogen) atoms. The first-order valence-corrected chi connectivity index (χ1v) is 9.26. The molecular weight excluding hydrogens is 352 g/mol. The fourth-order valence-corrected chi connectivity index (χ4v) is 2.52. The molecule has 0 saturated carbocycles. The van der Waals surface area contributed by atoms with Crippen molar-refractivity contribution >= 4 is 17.7 Å². The second-order valence-corrected chi connectivity index (χ2v) is 6.63. The van der Waals surface area contributed by atoms with Crippen LogP contribution in [0.4, 0.5) is 11.5 Å². The minimum absolute atomic E-state index is 0.0731. The molecule has 144 valence electrons. The molecule has 0 radical (unpaired) electrons. The van der Waals surface area contributed by atoms with Crippen LogP contribution < -0.4 is 5.32 Å². The average Bonchev–Trinajstić information content (AvgIpc) is 2.71. The molecule has 1 atom stereocenters. The van der Waals surface area contributed by atoms with Gasteiger partial charge in [-0.1, -0.05) is 13.8 Å². The lowest BCUT2D eigenvalue weighted by Crippen LogP contribution is -2.05. The van der Waals surface area contributed by atoms with Crippen LogP contribution in [0.2, 0.25) is 0 Å². The minimum atomic E-state index is 0.0731. The van der Waals surface area contributed by atoms with E-state index in [0.29, 0.717) is 35.4 Å². The van der Waals surface area contributed by atoms with Crippen LogP contribution in [0.1, 0.15) is 31.5 Å². The van der Waals surface area contributed by atoms with E-state index in [9.17, 15) is 5.11 Å². The summed E-state index contributed by atoms with van der Waals surface area (Å²) in [6, 6.07) is 5.49. The Balaban J connectivity index is 1.99. The maximum atomic E-state index is 9.73. The van der Waals surface area contributed by atoms with Gasteiger partial charge in [0.1, 0.15) is 11.4 Å². The Bertz CT molecular complexity index is 958. The molecule has 7 heteroatoms. The summed E-state index contributed by atoms with van der Waals surface area (Å²) in [4.78, 5) is 22.0. The average molecular weight is 376 g/mol. The smallest absolute Gasteiger partial charge is 0.163 e. The summed E-state index contributed by atoms with van der Waals surface area (Å²) in [5, 5.41) is 13.1. The third kappa shape index (κ3) is 4.88. The topological polar surface area (TPSA) is 96.2 Å². The number of aromatic hydroxyl groups is 1. The molecule has 0 amide bonds. The lowest BCUT2D eigenvalue weighted by molar-refractivity contribution is 0.473. The fraction of sp³-hybridized carbons (Fsp3) is 0.286. The van der Waals surface area contributed by atoms with Crippen molar-refractivity contribution in [3.63, 3.8) is 0 Å². The first-order chi connectivity index (χ1) is 13.6. The van der Waals surface area contributed by atoms with E-state index >= 15 is 0 Å².